The maximum absolute atomic E-state index is 12.3. The maximum atomic E-state index is 12.3. The van der Waals surface area contributed by atoms with Crippen LogP contribution in [-0.4, -0.2) is 34.0 Å². The largest absolute Gasteiger partial charge is 0.508 e. The SMILES string of the molecule is CCC(CC)(CC(=O)N(C)Cc1ccc(O)cc1)C(=O)O. The second-order valence-electron chi connectivity index (χ2n) is 5.39. The number of hydrogen-bond acceptors (Lipinski definition) is 3. The Morgan fingerprint density at radius 2 is 1.67 bits per heavy atom. The first-order chi connectivity index (χ1) is 9.84. The minimum Gasteiger partial charge on any atom is -0.508 e. The lowest BCUT2D eigenvalue weighted by molar-refractivity contribution is -0.154. The summed E-state index contributed by atoms with van der Waals surface area (Å²) in [5.41, 5.74) is -0.0992. The van der Waals surface area contributed by atoms with Crippen LogP contribution in [0.25, 0.3) is 0 Å². The number of aliphatic carboxylic acids is 1. The van der Waals surface area contributed by atoms with E-state index in [9.17, 15) is 19.8 Å². The molecule has 5 nitrogen and oxygen atoms in total. The van der Waals surface area contributed by atoms with Crippen LogP contribution in [0.5, 0.6) is 5.75 Å². The number of carboxylic acid groups (broad SMARTS) is 1. The van der Waals surface area contributed by atoms with Crippen LogP contribution in [-0.2, 0) is 16.1 Å². The second kappa shape index (κ2) is 7.11. The predicted molar refractivity (Wildman–Crippen MR) is 79.8 cm³/mol. The lowest BCUT2D eigenvalue weighted by Crippen LogP contribution is -2.37. The van der Waals surface area contributed by atoms with Crippen molar-refractivity contribution >= 4 is 11.9 Å². The van der Waals surface area contributed by atoms with Crippen molar-refractivity contribution in [3.8, 4) is 5.75 Å². The number of benzene rings is 1. The molecular weight excluding hydrogens is 270 g/mol. The number of phenolic OH excluding ortho intramolecular Hbond substituents is 1. The summed E-state index contributed by atoms with van der Waals surface area (Å²) in [5.74, 6) is -0.928. The van der Waals surface area contributed by atoms with Crippen molar-refractivity contribution in [3.05, 3.63) is 29.8 Å². The van der Waals surface area contributed by atoms with E-state index in [1.165, 1.54) is 4.90 Å². The van der Waals surface area contributed by atoms with Gasteiger partial charge in [0.2, 0.25) is 5.91 Å². The quantitative estimate of drug-likeness (QED) is 0.810. The summed E-state index contributed by atoms with van der Waals surface area (Å²) in [5, 5.41) is 18.6. The van der Waals surface area contributed by atoms with Crippen LogP contribution in [0.3, 0.4) is 0 Å². The number of carbonyl (C=O) groups is 2. The molecule has 116 valence electrons. The minimum atomic E-state index is -0.986. The van der Waals surface area contributed by atoms with Gasteiger partial charge in [-0.2, -0.15) is 0 Å². The van der Waals surface area contributed by atoms with Crippen molar-refractivity contribution in [2.75, 3.05) is 7.05 Å². The standard InChI is InChI=1S/C16H23NO4/c1-4-16(5-2,15(20)21)10-14(19)17(3)11-12-6-8-13(18)9-7-12/h6-9,18H,4-5,10-11H2,1-3H3,(H,20,21). The molecule has 1 aromatic carbocycles. The fourth-order valence-corrected chi connectivity index (χ4v) is 2.27. The van der Waals surface area contributed by atoms with Crippen molar-refractivity contribution in [2.24, 2.45) is 5.41 Å². The smallest absolute Gasteiger partial charge is 0.310 e. The fraction of sp³-hybridized carbons (Fsp3) is 0.500. The van der Waals surface area contributed by atoms with Crippen molar-refractivity contribution in [1.29, 1.82) is 0 Å². The summed E-state index contributed by atoms with van der Waals surface area (Å²) in [4.78, 5) is 25.2. The van der Waals surface area contributed by atoms with Crippen LogP contribution in [0.1, 0.15) is 38.7 Å². The number of phenols is 1. The summed E-state index contributed by atoms with van der Waals surface area (Å²) in [6.07, 6.45) is 0.860. The zero-order chi connectivity index (χ0) is 16.0. The molecule has 1 amide bonds. The van der Waals surface area contributed by atoms with Gasteiger partial charge in [0, 0.05) is 20.0 Å². The molecule has 0 spiro atoms. The lowest BCUT2D eigenvalue weighted by atomic mass is 9.79. The van der Waals surface area contributed by atoms with Crippen LogP contribution in [0.15, 0.2) is 24.3 Å². The van der Waals surface area contributed by atoms with E-state index in [2.05, 4.69) is 0 Å². The molecule has 0 aliphatic carbocycles. The molecule has 1 aromatic rings. The van der Waals surface area contributed by atoms with Gasteiger partial charge in [0.25, 0.3) is 0 Å². The van der Waals surface area contributed by atoms with Gasteiger partial charge in [-0.05, 0) is 30.5 Å². The summed E-state index contributed by atoms with van der Waals surface area (Å²) < 4.78 is 0. The van der Waals surface area contributed by atoms with Gasteiger partial charge in [0.15, 0.2) is 0 Å². The number of nitrogens with zero attached hydrogens (tertiary/aromatic N) is 1. The molecule has 0 saturated carbocycles. The summed E-state index contributed by atoms with van der Waals surface area (Å²) in [6.45, 7) is 3.98. The van der Waals surface area contributed by atoms with E-state index in [0.29, 0.717) is 19.4 Å². The summed E-state index contributed by atoms with van der Waals surface area (Å²) in [7, 11) is 1.66. The zero-order valence-electron chi connectivity index (χ0n) is 12.8. The third-order valence-electron chi connectivity index (χ3n) is 4.08. The van der Waals surface area contributed by atoms with Crippen molar-refractivity contribution < 1.29 is 19.8 Å². The Hall–Kier alpha value is -2.04. The Kier molecular flexibility index (Phi) is 5.76. The number of carboxylic acids is 1. The van der Waals surface area contributed by atoms with Crippen molar-refractivity contribution in [1.82, 2.24) is 4.90 Å². The molecule has 0 saturated heterocycles. The fourth-order valence-electron chi connectivity index (χ4n) is 2.27. The highest BCUT2D eigenvalue weighted by atomic mass is 16.4. The highest BCUT2D eigenvalue weighted by Gasteiger charge is 2.37. The topological polar surface area (TPSA) is 77.8 Å². The maximum Gasteiger partial charge on any atom is 0.310 e. The molecule has 0 heterocycles. The molecule has 1 rings (SSSR count). The third kappa shape index (κ3) is 4.21. The molecular formula is C16H23NO4. The molecule has 0 unspecified atom stereocenters. The highest BCUT2D eigenvalue weighted by molar-refractivity contribution is 5.84. The van der Waals surface area contributed by atoms with E-state index in [1.807, 2.05) is 0 Å². The normalized spacial score (nSPS) is 11.2. The number of aromatic hydroxyl groups is 1. The number of rotatable bonds is 7. The molecule has 0 aliphatic rings. The van der Waals surface area contributed by atoms with Gasteiger partial charge in [0.1, 0.15) is 5.75 Å². The third-order valence-corrected chi connectivity index (χ3v) is 4.08. The van der Waals surface area contributed by atoms with Crippen LogP contribution in [0.2, 0.25) is 0 Å². The molecule has 0 bridgehead atoms. The van der Waals surface area contributed by atoms with Crippen LogP contribution in [0, 0.1) is 5.41 Å². The molecule has 0 aliphatic heterocycles. The van der Waals surface area contributed by atoms with Crippen LogP contribution < -0.4 is 0 Å². The lowest BCUT2D eigenvalue weighted by Gasteiger charge is -2.28. The molecule has 0 fully saturated rings. The Balaban J connectivity index is 2.73. The minimum absolute atomic E-state index is 0.00389. The van der Waals surface area contributed by atoms with Gasteiger partial charge < -0.3 is 15.1 Å². The predicted octanol–water partition coefficient (Wildman–Crippen LogP) is 2.63. The highest BCUT2D eigenvalue weighted by Crippen LogP contribution is 2.31. The summed E-state index contributed by atoms with van der Waals surface area (Å²) >= 11 is 0. The van der Waals surface area contributed by atoms with Gasteiger partial charge in [0.05, 0.1) is 5.41 Å². The number of amides is 1. The molecule has 0 radical (unpaired) electrons. The average molecular weight is 293 g/mol. The van der Waals surface area contributed by atoms with E-state index >= 15 is 0 Å². The van der Waals surface area contributed by atoms with Crippen LogP contribution >= 0.6 is 0 Å². The summed E-state index contributed by atoms with van der Waals surface area (Å²) in [6, 6.07) is 6.60. The van der Waals surface area contributed by atoms with Gasteiger partial charge in [-0.1, -0.05) is 26.0 Å². The van der Waals surface area contributed by atoms with Gasteiger partial charge >= 0.3 is 5.97 Å². The Labute approximate surface area is 125 Å². The van der Waals surface area contributed by atoms with Gasteiger partial charge in [-0.3, -0.25) is 9.59 Å². The van der Waals surface area contributed by atoms with Gasteiger partial charge in [-0.25, -0.2) is 0 Å². The van der Waals surface area contributed by atoms with Gasteiger partial charge in [-0.15, -0.1) is 0 Å². The molecule has 0 atom stereocenters. The Morgan fingerprint density at radius 1 is 1.14 bits per heavy atom. The molecule has 0 aromatic heterocycles. The second-order valence-corrected chi connectivity index (χ2v) is 5.39. The zero-order valence-corrected chi connectivity index (χ0v) is 12.8. The number of hydrogen-bond donors (Lipinski definition) is 2. The number of carbonyl (C=O) groups excluding carboxylic acids is 1. The van der Waals surface area contributed by atoms with Crippen molar-refractivity contribution in [3.63, 3.8) is 0 Å². The first-order valence-corrected chi connectivity index (χ1v) is 7.10. The average Bonchev–Trinajstić information content (AvgIpc) is 2.46. The van der Waals surface area contributed by atoms with E-state index in [-0.39, 0.29) is 18.1 Å². The Morgan fingerprint density at radius 3 is 2.10 bits per heavy atom. The monoisotopic (exact) mass is 293 g/mol. The first-order valence-electron chi connectivity index (χ1n) is 7.10. The molecule has 21 heavy (non-hydrogen) atoms. The first kappa shape index (κ1) is 17.0. The molecule has 2 N–H and O–H groups in total. The van der Waals surface area contributed by atoms with E-state index in [0.717, 1.165) is 5.56 Å². The van der Waals surface area contributed by atoms with Crippen molar-refractivity contribution in [2.45, 2.75) is 39.7 Å². The van der Waals surface area contributed by atoms with E-state index in [4.69, 9.17) is 0 Å². The molecule has 5 heteroatoms. The Bertz CT molecular complexity index is 492. The van der Waals surface area contributed by atoms with E-state index in [1.54, 1.807) is 45.2 Å². The van der Waals surface area contributed by atoms with E-state index < -0.39 is 11.4 Å². The van der Waals surface area contributed by atoms with Crippen LogP contribution in [0.4, 0.5) is 0 Å².